The highest BCUT2D eigenvalue weighted by Gasteiger charge is 2.35. The van der Waals surface area contributed by atoms with E-state index in [9.17, 15) is 4.79 Å². The van der Waals surface area contributed by atoms with Crippen LogP contribution >= 0.6 is 11.8 Å². The molecule has 1 N–H and O–H groups in total. The first-order valence-corrected chi connectivity index (χ1v) is 12.3. The lowest BCUT2D eigenvalue weighted by Crippen LogP contribution is -2.35. The van der Waals surface area contributed by atoms with Crippen molar-refractivity contribution in [1.82, 2.24) is 5.01 Å². The Morgan fingerprint density at radius 1 is 1.00 bits per heavy atom. The van der Waals surface area contributed by atoms with Gasteiger partial charge in [0, 0.05) is 6.42 Å². The molecule has 0 aliphatic carbocycles. The molecule has 1 amide bonds. The van der Waals surface area contributed by atoms with Gasteiger partial charge in [0.2, 0.25) is 5.17 Å². The highest BCUT2D eigenvalue weighted by atomic mass is 32.2. The second-order valence-electron chi connectivity index (χ2n) is 8.39. The van der Waals surface area contributed by atoms with E-state index in [2.05, 4.69) is 23.9 Å². The number of thioether (sulfide) groups is 1. The monoisotopic (exact) mass is 508 g/mol. The van der Waals surface area contributed by atoms with Crippen LogP contribution < -0.4 is 18.9 Å². The van der Waals surface area contributed by atoms with Crippen molar-refractivity contribution in [3.8, 4) is 23.0 Å². The van der Waals surface area contributed by atoms with E-state index < -0.39 is 5.91 Å². The number of benzene rings is 2. The Hall–Kier alpha value is -3.79. The lowest BCUT2D eigenvalue weighted by Gasteiger charge is -2.20. The van der Waals surface area contributed by atoms with Gasteiger partial charge in [-0.3, -0.25) is 10.2 Å². The van der Waals surface area contributed by atoms with Crippen LogP contribution in [0, 0.1) is 11.3 Å². The van der Waals surface area contributed by atoms with E-state index in [-0.39, 0.29) is 11.4 Å². The van der Waals surface area contributed by atoms with Gasteiger partial charge >= 0.3 is 0 Å². The Balaban J connectivity index is 1.41. The number of fused-ring (bicyclic) bond motifs is 1. The number of nitrogens with one attached hydrogen (secondary N) is 1. The number of carbonyl (C=O) groups excluding carboxylic acids is 1. The summed E-state index contributed by atoms with van der Waals surface area (Å²) < 4.78 is 22.1. The summed E-state index contributed by atoms with van der Waals surface area (Å²) in [6.07, 6.45) is 2.38. The molecule has 0 bridgehead atoms. The molecule has 9 nitrogen and oxygen atoms in total. The second kappa shape index (κ2) is 11.3. The van der Waals surface area contributed by atoms with Gasteiger partial charge in [-0.2, -0.15) is 15.1 Å². The average Bonchev–Trinajstić information content (AvgIpc) is 3.26. The van der Waals surface area contributed by atoms with Crippen molar-refractivity contribution in [2.75, 3.05) is 27.4 Å². The Morgan fingerprint density at radius 3 is 2.42 bits per heavy atom. The molecular formula is C26H28N4O5S. The summed E-state index contributed by atoms with van der Waals surface area (Å²) in [6, 6.07) is 12.6. The van der Waals surface area contributed by atoms with Crippen LogP contribution in [-0.4, -0.2) is 54.4 Å². The molecule has 2 aliphatic rings. The number of hydrazone groups is 1. The highest BCUT2D eigenvalue weighted by molar-refractivity contribution is 8.26. The molecule has 0 radical (unpaired) electrons. The Kier molecular flexibility index (Phi) is 7.94. The van der Waals surface area contributed by atoms with Gasteiger partial charge in [-0.1, -0.05) is 19.9 Å². The van der Waals surface area contributed by atoms with Crippen molar-refractivity contribution >= 4 is 39.8 Å². The van der Waals surface area contributed by atoms with E-state index in [0.29, 0.717) is 41.4 Å². The molecule has 0 spiro atoms. The van der Waals surface area contributed by atoms with Crippen LogP contribution in [0.1, 0.15) is 25.8 Å². The van der Waals surface area contributed by atoms with Gasteiger partial charge in [0.05, 0.1) is 19.8 Å². The van der Waals surface area contributed by atoms with Gasteiger partial charge in [-0.25, -0.2) is 0 Å². The highest BCUT2D eigenvalue weighted by Crippen LogP contribution is 2.32. The van der Waals surface area contributed by atoms with Gasteiger partial charge in [0.25, 0.3) is 5.91 Å². The molecule has 0 saturated carbocycles. The van der Waals surface area contributed by atoms with Crippen LogP contribution in [0.4, 0.5) is 0 Å². The summed E-state index contributed by atoms with van der Waals surface area (Å²) in [4.78, 5) is 16.8. The minimum Gasteiger partial charge on any atom is -0.497 e. The van der Waals surface area contributed by atoms with Crippen molar-refractivity contribution < 1.29 is 23.7 Å². The minimum atomic E-state index is -0.463. The van der Waals surface area contributed by atoms with Crippen LogP contribution in [0.5, 0.6) is 23.0 Å². The fourth-order valence-electron chi connectivity index (χ4n) is 3.51. The smallest absolute Gasteiger partial charge is 0.283 e. The number of ether oxygens (including phenoxy) is 4. The zero-order chi connectivity index (χ0) is 25.7. The Bertz CT molecular complexity index is 1240. The molecular weight excluding hydrogens is 480 g/mol. The van der Waals surface area contributed by atoms with Crippen LogP contribution in [0.15, 0.2) is 58.1 Å². The molecule has 2 heterocycles. The molecule has 0 saturated heterocycles. The first kappa shape index (κ1) is 25.3. The van der Waals surface area contributed by atoms with Crippen molar-refractivity contribution in [3.63, 3.8) is 0 Å². The van der Waals surface area contributed by atoms with E-state index in [1.807, 2.05) is 24.3 Å². The third kappa shape index (κ3) is 5.88. The minimum absolute atomic E-state index is 0.00577. The molecule has 188 valence electrons. The maximum Gasteiger partial charge on any atom is 0.283 e. The molecule has 4 rings (SSSR count). The number of rotatable bonds is 10. The van der Waals surface area contributed by atoms with Gasteiger partial charge < -0.3 is 18.9 Å². The van der Waals surface area contributed by atoms with Crippen molar-refractivity contribution in [3.05, 3.63) is 53.6 Å². The normalized spacial score (nSPS) is 16.1. The number of amides is 1. The largest absolute Gasteiger partial charge is 0.497 e. The number of amidine groups is 2. The average molecular weight is 509 g/mol. The van der Waals surface area contributed by atoms with Gasteiger partial charge in [-0.05, 0) is 65.7 Å². The topological polar surface area (TPSA) is 106 Å². The second-order valence-corrected chi connectivity index (χ2v) is 9.43. The van der Waals surface area contributed by atoms with E-state index in [4.69, 9.17) is 24.4 Å². The maximum atomic E-state index is 12.7. The number of carbonyl (C=O) groups is 1. The summed E-state index contributed by atoms with van der Waals surface area (Å²) in [5.74, 6) is 2.49. The van der Waals surface area contributed by atoms with Gasteiger partial charge in [0.1, 0.15) is 29.8 Å². The summed E-state index contributed by atoms with van der Waals surface area (Å²) >= 11 is 1.34. The quantitative estimate of drug-likeness (QED) is 0.362. The molecule has 0 atom stereocenters. The number of aliphatic imine (C=N–C) groups is 1. The number of hydrogen-bond acceptors (Lipinski definition) is 8. The fraction of sp³-hybridized carbons (Fsp3) is 0.308. The van der Waals surface area contributed by atoms with Crippen molar-refractivity contribution in [2.45, 2.75) is 20.3 Å². The molecule has 10 heteroatoms. The predicted octanol–water partition coefficient (Wildman–Crippen LogP) is 4.83. The predicted molar refractivity (Wildman–Crippen MR) is 141 cm³/mol. The van der Waals surface area contributed by atoms with Crippen molar-refractivity contribution in [1.29, 1.82) is 5.41 Å². The molecule has 0 aromatic heterocycles. The van der Waals surface area contributed by atoms with E-state index in [0.717, 1.165) is 23.0 Å². The van der Waals surface area contributed by atoms with Crippen LogP contribution in [0.2, 0.25) is 0 Å². The lowest BCUT2D eigenvalue weighted by atomic mass is 10.1. The zero-order valence-electron chi connectivity index (χ0n) is 20.6. The molecule has 0 unspecified atom stereocenters. The Morgan fingerprint density at radius 2 is 1.72 bits per heavy atom. The molecule has 2 aliphatic heterocycles. The number of hydrogen-bond donors (Lipinski definition) is 1. The van der Waals surface area contributed by atoms with Crippen LogP contribution in [0.25, 0.3) is 6.08 Å². The van der Waals surface area contributed by atoms with Gasteiger partial charge in [0.15, 0.2) is 17.3 Å². The summed E-state index contributed by atoms with van der Waals surface area (Å²) in [5.41, 5.74) is 0.844. The molecule has 2 aromatic carbocycles. The summed E-state index contributed by atoms with van der Waals surface area (Å²) in [6.45, 7) is 4.85. The van der Waals surface area contributed by atoms with Gasteiger partial charge in [-0.15, -0.1) is 0 Å². The first-order chi connectivity index (χ1) is 17.4. The third-order valence-corrected chi connectivity index (χ3v) is 6.18. The summed E-state index contributed by atoms with van der Waals surface area (Å²) in [5, 5.41) is 15.7. The van der Waals surface area contributed by atoms with E-state index in [1.165, 1.54) is 16.8 Å². The van der Waals surface area contributed by atoms with Crippen LogP contribution in [0.3, 0.4) is 0 Å². The maximum absolute atomic E-state index is 12.7. The van der Waals surface area contributed by atoms with Crippen LogP contribution in [-0.2, 0) is 4.79 Å². The zero-order valence-corrected chi connectivity index (χ0v) is 21.4. The van der Waals surface area contributed by atoms with E-state index >= 15 is 0 Å². The molecule has 0 fully saturated rings. The SMILES string of the molecule is COc1ccc(OCCOc2ccc(C=C3C(=N)N4N=C(CC(C)C)SC4=NC3=O)cc2OC)cc1. The molecule has 36 heavy (non-hydrogen) atoms. The number of methoxy groups -OCH3 is 2. The standard InChI is InChI=1S/C26H28N4O5S/c1-16(2)13-23-29-30-24(27)20(25(31)28-26(30)36-23)14-17-5-10-21(22(15-17)33-4)35-12-11-34-19-8-6-18(32-3)7-9-19/h5-10,14-16,27H,11-13H2,1-4H3. The Labute approximate surface area is 214 Å². The van der Waals surface area contributed by atoms with Crippen molar-refractivity contribution in [2.24, 2.45) is 16.0 Å². The first-order valence-electron chi connectivity index (χ1n) is 11.4. The lowest BCUT2D eigenvalue weighted by molar-refractivity contribution is -0.114. The molecule has 2 aromatic rings. The fourth-order valence-corrected chi connectivity index (χ4v) is 4.60. The van der Waals surface area contributed by atoms with E-state index in [1.54, 1.807) is 38.5 Å². The third-order valence-electron chi connectivity index (χ3n) is 5.25. The summed E-state index contributed by atoms with van der Waals surface area (Å²) in [7, 11) is 3.16. The number of nitrogens with zero attached hydrogens (tertiary/aromatic N) is 3.